The lowest BCUT2D eigenvalue weighted by molar-refractivity contribution is -0.122. The summed E-state index contributed by atoms with van der Waals surface area (Å²) in [5.41, 5.74) is 2.22. The SMILES string of the molecule is O=C(CC1CC1)NC1c2ccccc2CC1O. The van der Waals surface area contributed by atoms with Gasteiger partial charge < -0.3 is 10.4 Å². The minimum absolute atomic E-state index is 0.0771. The van der Waals surface area contributed by atoms with Gasteiger partial charge in [-0.25, -0.2) is 0 Å². The third-order valence-corrected chi connectivity index (χ3v) is 3.69. The summed E-state index contributed by atoms with van der Waals surface area (Å²) in [6.07, 6.45) is 3.14. The second-order valence-electron chi connectivity index (χ2n) is 5.16. The van der Waals surface area contributed by atoms with Gasteiger partial charge in [-0.1, -0.05) is 24.3 Å². The molecule has 0 radical (unpaired) electrons. The van der Waals surface area contributed by atoms with Crippen LogP contribution in [0.1, 0.15) is 36.4 Å². The molecule has 1 aromatic rings. The lowest BCUT2D eigenvalue weighted by atomic mass is 10.1. The lowest BCUT2D eigenvalue weighted by Gasteiger charge is -2.17. The zero-order valence-corrected chi connectivity index (χ0v) is 9.73. The Morgan fingerprint density at radius 1 is 1.35 bits per heavy atom. The number of aliphatic hydroxyl groups is 1. The molecule has 2 aliphatic carbocycles. The van der Waals surface area contributed by atoms with Crippen LogP contribution in [0.3, 0.4) is 0 Å². The minimum atomic E-state index is -0.476. The van der Waals surface area contributed by atoms with E-state index in [0.29, 0.717) is 18.8 Å². The van der Waals surface area contributed by atoms with Gasteiger partial charge in [-0.2, -0.15) is 0 Å². The first-order chi connectivity index (χ1) is 8.24. The fraction of sp³-hybridized carbons (Fsp3) is 0.500. The molecule has 3 nitrogen and oxygen atoms in total. The average Bonchev–Trinajstić information content (AvgIpc) is 3.05. The molecule has 0 spiro atoms. The molecule has 90 valence electrons. The van der Waals surface area contributed by atoms with E-state index in [1.807, 2.05) is 24.3 Å². The van der Waals surface area contributed by atoms with Crippen LogP contribution in [0.15, 0.2) is 24.3 Å². The molecule has 1 aromatic carbocycles. The number of fused-ring (bicyclic) bond motifs is 1. The van der Waals surface area contributed by atoms with Crippen molar-refractivity contribution < 1.29 is 9.90 Å². The number of carbonyl (C=O) groups excluding carboxylic acids is 1. The van der Waals surface area contributed by atoms with Gasteiger partial charge in [0.1, 0.15) is 0 Å². The molecule has 1 saturated carbocycles. The molecule has 3 heteroatoms. The summed E-state index contributed by atoms with van der Waals surface area (Å²) in [7, 11) is 0. The first-order valence-electron chi connectivity index (χ1n) is 6.29. The predicted octanol–water partition coefficient (Wildman–Crippen LogP) is 1.56. The van der Waals surface area contributed by atoms with Crippen molar-refractivity contribution in [1.82, 2.24) is 5.32 Å². The van der Waals surface area contributed by atoms with Gasteiger partial charge in [-0.05, 0) is 29.9 Å². The summed E-state index contributed by atoms with van der Waals surface area (Å²) in [5.74, 6) is 0.664. The van der Waals surface area contributed by atoms with Crippen LogP contribution in [0.25, 0.3) is 0 Å². The van der Waals surface area contributed by atoms with Crippen LogP contribution >= 0.6 is 0 Å². The lowest BCUT2D eigenvalue weighted by Crippen LogP contribution is -2.33. The van der Waals surface area contributed by atoms with Crippen LogP contribution in [-0.2, 0) is 11.2 Å². The van der Waals surface area contributed by atoms with Gasteiger partial charge in [-0.3, -0.25) is 4.79 Å². The highest BCUT2D eigenvalue weighted by atomic mass is 16.3. The highest BCUT2D eigenvalue weighted by Gasteiger charge is 2.33. The molecule has 3 rings (SSSR count). The molecular weight excluding hydrogens is 214 g/mol. The second kappa shape index (κ2) is 4.15. The maximum absolute atomic E-state index is 11.8. The van der Waals surface area contributed by atoms with E-state index < -0.39 is 6.10 Å². The van der Waals surface area contributed by atoms with Gasteiger partial charge in [0.15, 0.2) is 0 Å². The molecule has 0 aliphatic heterocycles. The van der Waals surface area contributed by atoms with Crippen LogP contribution in [-0.4, -0.2) is 17.1 Å². The number of amides is 1. The Morgan fingerprint density at radius 2 is 2.12 bits per heavy atom. The largest absolute Gasteiger partial charge is 0.390 e. The standard InChI is InChI=1S/C14H17NO2/c16-12-8-10-3-1-2-4-11(10)14(12)15-13(17)7-9-5-6-9/h1-4,9,12,14,16H,5-8H2,(H,15,17). The van der Waals surface area contributed by atoms with Gasteiger partial charge in [0.2, 0.25) is 5.91 Å². The van der Waals surface area contributed by atoms with E-state index in [-0.39, 0.29) is 11.9 Å². The fourth-order valence-corrected chi connectivity index (χ4v) is 2.56. The van der Waals surface area contributed by atoms with Gasteiger partial charge in [0.25, 0.3) is 0 Å². The van der Waals surface area contributed by atoms with Crippen LogP contribution in [0.5, 0.6) is 0 Å². The van der Waals surface area contributed by atoms with E-state index in [1.54, 1.807) is 0 Å². The van der Waals surface area contributed by atoms with Crippen LogP contribution in [0.2, 0.25) is 0 Å². The summed E-state index contributed by atoms with van der Waals surface area (Å²) in [6.45, 7) is 0. The van der Waals surface area contributed by atoms with Gasteiger partial charge in [-0.15, -0.1) is 0 Å². The summed E-state index contributed by atoms with van der Waals surface area (Å²) in [4.78, 5) is 11.8. The zero-order chi connectivity index (χ0) is 11.8. The molecule has 0 saturated heterocycles. The van der Waals surface area contributed by atoms with Crippen molar-refractivity contribution >= 4 is 5.91 Å². The van der Waals surface area contributed by atoms with E-state index in [0.717, 1.165) is 11.1 Å². The number of carbonyl (C=O) groups is 1. The quantitative estimate of drug-likeness (QED) is 0.829. The molecule has 0 bridgehead atoms. The second-order valence-corrected chi connectivity index (χ2v) is 5.16. The number of nitrogens with one attached hydrogen (secondary N) is 1. The molecule has 2 unspecified atom stereocenters. The van der Waals surface area contributed by atoms with E-state index in [1.165, 1.54) is 12.8 Å². The van der Waals surface area contributed by atoms with Crippen molar-refractivity contribution in [3.05, 3.63) is 35.4 Å². The molecule has 2 atom stereocenters. The minimum Gasteiger partial charge on any atom is -0.390 e. The van der Waals surface area contributed by atoms with Crippen molar-refractivity contribution in [2.75, 3.05) is 0 Å². The molecule has 2 aliphatic rings. The highest BCUT2D eigenvalue weighted by molar-refractivity contribution is 5.77. The average molecular weight is 231 g/mol. The topological polar surface area (TPSA) is 49.3 Å². The van der Waals surface area contributed by atoms with Crippen molar-refractivity contribution in [2.45, 2.75) is 37.8 Å². The molecule has 1 fully saturated rings. The van der Waals surface area contributed by atoms with E-state index in [9.17, 15) is 9.90 Å². The third-order valence-electron chi connectivity index (χ3n) is 3.69. The van der Waals surface area contributed by atoms with Crippen molar-refractivity contribution in [1.29, 1.82) is 0 Å². The van der Waals surface area contributed by atoms with Crippen molar-refractivity contribution in [2.24, 2.45) is 5.92 Å². The van der Waals surface area contributed by atoms with E-state index in [2.05, 4.69) is 5.32 Å². The fourth-order valence-electron chi connectivity index (χ4n) is 2.56. The Hall–Kier alpha value is -1.35. The normalized spacial score (nSPS) is 26.6. The first kappa shape index (κ1) is 10.8. The maximum atomic E-state index is 11.8. The van der Waals surface area contributed by atoms with Gasteiger partial charge in [0.05, 0.1) is 12.1 Å². The Morgan fingerprint density at radius 3 is 2.88 bits per heavy atom. The summed E-state index contributed by atoms with van der Waals surface area (Å²) >= 11 is 0. The predicted molar refractivity (Wildman–Crippen MR) is 64.4 cm³/mol. The Bertz CT molecular complexity index is 440. The van der Waals surface area contributed by atoms with Gasteiger partial charge in [0, 0.05) is 12.8 Å². The van der Waals surface area contributed by atoms with Crippen LogP contribution in [0, 0.1) is 5.92 Å². The molecule has 0 heterocycles. The Balaban J connectivity index is 1.71. The smallest absolute Gasteiger partial charge is 0.220 e. The summed E-state index contributed by atoms with van der Waals surface area (Å²) in [6, 6.07) is 7.73. The number of hydrogen-bond acceptors (Lipinski definition) is 2. The number of aliphatic hydroxyl groups excluding tert-OH is 1. The summed E-state index contributed by atoms with van der Waals surface area (Å²) < 4.78 is 0. The van der Waals surface area contributed by atoms with E-state index >= 15 is 0 Å². The molecule has 17 heavy (non-hydrogen) atoms. The molecule has 0 aromatic heterocycles. The highest BCUT2D eigenvalue weighted by Crippen LogP contribution is 2.34. The summed E-state index contributed by atoms with van der Waals surface area (Å²) in [5, 5.41) is 13.0. The number of rotatable bonds is 3. The first-order valence-corrected chi connectivity index (χ1v) is 6.29. The molecular formula is C14H17NO2. The monoisotopic (exact) mass is 231 g/mol. The molecule has 2 N–H and O–H groups in total. The molecule has 1 amide bonds. The van der Waals surface area contributed by atoms with Gasteiger partial charge >= 0.3 is 0 Å². The number of hydrogen-bond donors (Lipinski definition) is 2. The zero-order valence-electron chi connectivity index (χ0n) is 9.73. The van der Waals surface area contributed by atoms with Crippen molar-refractivity contribution in [3.63, 3.8) is 0 Å². The maximum Gasteiger partial charge on any atom is 0.220 e. The third kappa shape index (κ3) is 2.20. The Kier molecular flexibility index (Phi) is 2.63. The van der Waals surface area contributed by atoms with E-state index in [4.69, 9.17) is 0 Å². The van der Waals surface area contributed by atoms with Crippen LogP contribution in [0.4, 0.5) is 0 Å². The van der Waals surface area contributed by atoms with Crippen LogP contribution < -0.4 is 5.32 Å². The number of benzene rings is 1. The van der Waals surface area contributed by atoms with Crippen molar-refractivity contribution in [3.8, 4) is 0 Å². The Labute approximate surface area is 101 Å².